The van der Waals surface area contributed by atoms with Crippen LogP contribution in [0.5, 0.6) is 0 Å². The molecule has 0 unspecified atom stereocenters. The number of amides is 2. The zero-order valence-corrected chi connectivity index (χ0v) is 22.2. The van der Waals surface area contributed by atoms with Crippen LogP contribution >= 0.6 is 48.8 Å². The van der Waals surface area contributed by atoms with E-state index in [-0.39, 0.29) is 43.1 Å². The van der Waals surface area contributed by atoms with E-state index in [0.29, 0.717) is 30.4 Å². The number of halogens is 4. The maximum atomic E-state index is 13.6. The molecule has 1 aromatic carbocycles. The van der Waals surface area contributed by atoms with Crippen LogP contribution in [0.4, 0.5) is 0 Å². The Labute approximate surface area is 228 Å². The number of nitrogens with two attached hydrogens (primary N) is 1. The van der Waals surface area contributed by atoms with Gasteiger partial charge in [-0.25, -0.2) is 14.6 Å². The van der Waals surface area contributed by atoms with E-state index >= 15 is 0 Å². The van der Waals surface area contributed by atoms with Crippen LogP contribution in [0.3, 0.4) is 0 Å². The van der Waals surface area contributed by atoms with Crippen molar-refractivity contribution in [3.8, 4) is 5.69 Å². The third-order valence-corrected chi connectivity index (χ3v) is 5.83. The Morgan fingerprint density at radius 3 is 2.71 bits per heavy atom. The average molecular weight is 565 g/mol. The number of hydrogen-bond donors (Lipinski definition) is 2. The fraction of sp³-hybridized carbons (Fsp3) is 0.364. The number of carbonyl (C=O) groups excluding carboxylic acids is 2. The number of allylic oxidation sites excluding steroid dienone is 2. The number of benzene rings is 1. The molecule has 1 aromatic heterocycles. The minimum atomic E-state index is -0.797. The third-order valence-electron chi connectivity index (χ3n) is 5.59. The molecule has 0 bridgehead atoms. The van der Waals surface area contributed by atoms with Crippen molar-refractivity contribution in [3.63, 3.8) is 0 Å². The van der Waals surface area contributed by atoms with E-state index in [4.69, 9.17) is 17.3 Å². The highest BCUT2D eigenvalue weighted by Gasteiger charge is 2.38. The summed E-state index contributed by atoms with van der Waals surface area (Å²) in [6.07, 6.45) is 10.1. The second kappa shape index (κ2) is 13.8. The number of nitrogens with zero attached hydrogens (tertiary/aromatic N) is 5. The molecule has 3 N–H and O–H groups in total. The normalized spacial score (nSPS) is 17.7. The molecule has 2 aromatic rings. The molecule has 13 heteroatoms. The highest BCUT2D eigenvalue weighted by atomic mass is 35.5. The Balaban J connectivity index is 0.00000204. The van der Waals surface area contributed by atoms with Crippen molar-refractivity contribution in [1.29, 1.82) is 0 Å². The number of hydrogen-bond acceptors (Lipinski definition) is 7. The lowest BCUT2D eigenvalue weighted by Crippen LogP contribution is -2.53. The van der Waals surface area contributed by atoms with Gasteiger partial charge >= 0.3 is 0 Å². The van der Waals surface area contributed by atoms with Gasteiger partial charge in [-0.05, 0) is 56.1 Å². The van der Waals surface area contributed by atoms with E-state index in [1.54, 1.807) is 30.1 Å². The molecular formula is C22H29Cl4N7O2. The lowest BCUT2D eigenvalue weighted by atomic mass is 10.1. The zero-order valence-electron chi connectivity index (χ0n) is 19.0. The van der Waals surface area contributed by atoms with Crippen molar-refractivity contribution in [2.24, 2.45) is 5.73 Å². The highest BCUT2D eigenvalue weighted by molar-refractivity contribution is 6.30. The Morgan fingerprint density at radius 1 is 1.31 bits per heavy atom. The van der Waals surface area contributed by atoms with Gasteiger partial charge in [0.05, 0.1) is 17.8 Å². The van der Waals surface area contributed by atoms with Gasteiger partial charge in [-0.1, -0.05) is 23.8 Å². The van der Waals surface area contributed by atoms with Crippen LogP contribution in [0.2, 0.25) is 5.02 Å². The Hall–Kier alpha value is -2.14. The summed E-state index contributed by atoms with van der Waals surface area (Å²) in [5.74, 6) is -0.247. The predicted octanol–water partition coefficient (Wildman–Crippen LogP) is 2.85. The standard InChI is InChI=1S/C22H26ClN7O2.3ClH/c1-15(24)21(31)30(20-6-2-3-9-26-20)22(32)19-5-4-10-28(19)12-16-11-17(23)7-8-18(16)29-14-25-13-27-29;;;/h2-3,6-8,11,13-15,19,26H,4-5,9-10,12,24H2,1H3;3*1H/t15-,19-;;;/m0.../s1. The van der Waals surface area contributed by atoms with Crippen molar-refractivity contribution < 1.29 is 9.59 Å². The number of rotatable bonds is 6. The molecule has 0 aliphatic carbocycles. The van der Waals surface area contributed by atoms with Crippen LogP contribution in [0.15, 0.2) is 54.9 Å². The van der Waals surface area contributed by atoms with Gasteiger partial charge in [0.2, 0.25) is 0 Å². The molecular weight excluding hydrogens is 536 g/mol. The van der Waals surface area contributed by atoms with Crippen molar-refractivity contribution in [1.82, 2.24) is 29.9 Å². The summed E-state index contributed by atoms with van der Waals surface area (Å²) in [7, 11) is 0. The highest BCUT2D eigenvalue weighted by Crippen LogP contribution is 2.27. The Morgan fingerprint density at radius 2 is 2.09 bits per heavy atom. The van der Waals surface area contributed by atoms with Crippen LogP contribution in [0, 0.1) is 0 Å². The summed E-state index contributed by atoms with van der Waals surface area (Å²) >= 11 is 6.27. The fourth-order valence-electron chi connectivity index (χ4n) is 4.05. The molecule has 4 rings (SSSR count). The zero-order chi connectivity index (χ0) is 22.7. The molecule has 35 heavy (non-hydrogen) atoms. The number of nitrogens with one attached hydrogen (secondary N) is 1. The summed E-state index contributed by atoms with van der Waals surface area (Å²) in [6, 6.07) is 4.31. The first-order chi connectivity index (χ1) is 15.5. The lowest BCUT2D eigenvalue weighted by molar-refractivity contribution is -0.146. The molecule has 2 aliphatic rings. The minimum Gasteiger partial charge on any atom is -0.368 e. The molecule has 9 nitrogen and oxygen atoms in total. The summed E-state index contributed by atoms with van der Waals surface area (Å²) < 4.78 is 1.67. The van der Waals surface area contributed by atoms with Crippen LogP contribution in [0.1, 0.15) is 25.3 Å². The van der Waals surface area contributed by atoms with E-state index in [2.05, 4.69) is 20.3 Å². The number of likely N-dealkylation sites (tertiary alicyclic amines) is 1. The maximum Gasteiger partial charge on any atom is 0.252 e. The largest absolute Gasteiger partial charge is 0.368 e. The molecule has 1 saturated heterocycles. The lowest BCUT2D eigenvalue weighted by Gasteiger charge is -2.32. The number of aromatic nitrogens is 3. The van der Waals surface area contributed by atoms with Crippen LogP contribution in [-0.4, -0.2) is 61.6 Å². The molecule has 0 radical (unpaired) electrons. The molecule has 0 spiro atoms. The van der Waals surface area contributed by atoms with Gasteiger partial charge in [-0.3, -0.25) is 14.5 Å². The first-order valence-electron chi connectivity index (χ1n) is 10.6. The van der Waals surface area contributed by atoms with Gasteiger partial charge in [-0.15, -0.1) is 37.2 Å². The average Bonchev–Trinajstić information content (AvgIpc) is 3.47. The molecule has 2 atom stereocenters. The van der Waals surface area contributed by atoms with Crippen molar-refractivity contribution >= 4 is 60.6 Å². The van der Waals surface area contributed by atoms with Gasteiger partial charge < -0.3 is 11.1 Å². The molecule has 192 valence electrons. The SMILES string of the molecule is C[C@H](N)C(=O)N(C(=O)[C@@H]1CCCN1Cc1cc(Cl)ccc1-n1cncn1)C1=CC=CCN1.Cl.Cl.Cl. The summed E-state index contributed by atoms with van der Waals surface area (Å²) in [6.45, 7) is 3.34. The van der Waals surface area contributed by atoms with Crippen molar-refractivity contribution in [3.05, 3.63) is 65.5 Å². The summed E-state index contributed by atoms with van der Waals surface area (Å²) in [5.41, 5.74) is 7.63. The molecule has 2 aliphatic heterocycles. The summed E-state index contributed by atoms with van der Waals surface area (Å²) in [4.78, 5) is 33.8. The Bertz CT molecular complexity index is 1060. The molecule has 0 saturated carbocycles. The smallest absolute Gasteiger partial charge is 0.252 e. The molecule has 1 fully saturated rings. The van der Waals surface area contributed by atoms with Crippen molar-refractivity contribution in [2.45, 2.75) is 38.4 Å². The van der Waals surface area contributed by atoms with Crippen LogP contribution in [-0.2, 0) is 16.1 Å². The first-order valence-corrected chi connectivity index (χ1v) is 10.9. The van der Waals surface area contributed by atoms with Crippen LogP contribution < -0.4 is 11.1 Å². The fourth-order valence-corrected chi connectivity index (χ4v) is 4.25. The minimum absolute atomic E-state index is 0. The van der Waals surface area contributed by atoms with E-state index in [1.165, 1.54) is 11.2 Å². The second-order valence-corrected chi connectivity index (χ2v) is 8.34. The first kappa shape index (κ1) is 30.9. The van der Waals surface area contributed by atoms with Gasteiger partial charge in [0.25, 0.3) is 11.8 Å². The monoisotopic (exact) mass is 563 g/mol. The third kappa shape index (κ3) is 6.97. The summed E-state index contributed by atoms with van der Waals surface area (Å²) in [5, 5.41) is 7.93. The van der Waals surface area contributed by atoms with E-state index in [0.717, 1.165) is 24.2 Å². The van der Waals surface area contributed by atoms with Crippen LogP contribution in [0.25, 0.3) is 5.69 Å². The van der Waals surface area contributed by atoms with E-state index in [1.807, 2.05) is 24.3 Å². The topological polar surface area (TPSA) is 109 Å². The second-order valence-electron chi connectivity index (χ2n) is 7.90. The number of imide groups is 1. The van der Waals surface area contributed by atoms with Gasteiger partial charge in [-0.2, -0.15) is 5.10 Å². The number of dihydropyridines is 1. The maximum absolute atomic E-state index is 13.6. The molecule has 3 heterocycles. The van der Waals surface area contributed by atoms with Gasteiger partial charge in [0.15, 0.2) is 0 Å². The van der Waals surface area contributed by atoms with E-state index in [9.17, 15) is 9.59 Å². The van der Waals surface area contributed by atoms with Gasteiger partial charge in [0, 0.05) is 18.1 Å². The van der Waals surface area contributed by atoms with Crippen molar-refractivity contribution in [2.75, 3.05) is 13.1 Å². The molecule has 2 amide bonds. The predicted molar refractivity (Wildman–Crippen MR) is 142 cm³/mol. The van der Waals surface area contributed by atoms with E-state index < -0.39 is 18.0 Å². The Kier molecular flexibility index (Phi) is 12.2. The quantitative estimate of drug-likeness (QED) is 0.555. The van der Waals surface area contributed by atoms with Gasteiger partial charge in [0.1, 0.15) is 18.5 Å². The number of carbonyl (C=O) groups is 2.